The second-order valence-electron chi connectivity index (χ2n) is 5.96. The van der Waals surface area contributed by atoms with Crippen LogP contribution in [-0.2, 0) is 9.59 Å². The first-order valence-corrected chi connectivity index (χ1v) is 7.03. The number of likely N-dealkylation sites (N-methyl/N-ethyl adjacent to an activating group) is 2. The van der Waals surface area contributed by atoms with E-state index in [1.54, 1.807) is 11.9 Å². The van der Waals surface area contributed by atoms with E-state index in [1.807, 2.05) is 34.6 Å². The van der Waals surface area contributed by atoms with Crippen LogP contribution >= 0.6 is 0 Å². The van der Waals surface area contributed by atoms with Crippen molar-refractivity contribution in [3.05, 3.63) is 0 Å². The molecule has 0 rings (SSSR count). The molecule has 0 aliphatic heterocycles. The maximum atomic E-state index is 12.2. The zero-order valence-electron chi connectivity index (χ0n) is 13.6. The van der Waals surface area contributed by atoms with E-state index in [1.165, 1.54) is 4.90 Å². The lowest BCUT2D eigenvalue weighted by molar-refractivity contribution is -0.137. The number of hydrogen-bond acceptors (Lipinski definition) is 4. The predicted octanol–water partition coefficient (Wildman–Crippen LogP) is 0.0622. The summed E-state index contributed by atoms with van der Waals surface area (Å²) in [7, 11) is 1.79. The molecule has 118 valence electrons. The molecule has 0 saturated carbocycles. The van der Waals surface area contributed by atoms with Crippen LogP contribution in [0, 0.1) is 0 Å². The molecule has 20 heavy (non-hydrogen) atoms. The van der Waals surface area contributed by atoms with Crippen LogP contribution in [0.1, 0.15) is 34.6 Å². The third kappa shape index (κ3) is 6.34. The lowest BCUT2D eigenvalue weighted by Crippen LogP contribution is -2.51. The molecule has 0 fully saturated rings. The van der Waals surface area contributed by atoms with Crippen LogP contribution in [0.2, 0.25) is 0 Å². The van der Waals surface area contributed by atoms with E-state index in [0.717, 1.165) is 0 Å². The van der Waals surface area contributed by atoms with Crippen LogP contribution in [0.4, 0.5) is 0 Å². The minimum atomic E-state index is -0.463. The monoisotopic (exact) mass is 287 g/mol. The largest absolute Gasteiger partial charge is 0.394 e. The van der Waals surface area contributed by atoms with Crippen LogP contribution in [0.15, 0.2) is 0 Å². The Morgan fingerprint density at radius 3 is 2.20 bits per heavy atom. The Labute approximate surface area is 122 Å². The second-order valence-corrected chi connectivity index (χ2v) is 5.96. The first kappa shape index (κ1) is 18.9. The minimum absolute atomic E-state index is 0.0310. The number of amides is 2. The van der Waals surface area contributed by atoms with Gasteiger partial charge in [-0.2, -0.15) is 0 Å². The number of carbonyl (C=O) groups is 2. The van der Waals surface area contributed by atoms with Crippen molar-refractivity contribution in [3.63, 3.8) is 0 Å². The molecule has 0 aromatic rings. The number of rotatable bonds is 8. The summed E-state index contributed by atoms with van der Waals surface area (Å²) in [5, 5.41) is 12.1. The summed E-state index contributed by atoms with van der Waals surface area (Å²) in [6.45, 7) is 10.0. The van der Waals surface area contributed by atoms with Gasteiger partial charge in [0.2, 0.25) is 11.8 Å². The van der Waals surface area contributed by atoms with Gasteiger partial charge in [0.1, 0.15) is 0 Å². The fourth-order valence-corrected chi connectivity index (χ4v) is 1.55. The molecule has 0 spiro atoms. The van der Waals surface area contributed by atoms with Crippen molar-refractivity contribution >= 4 is 11.8 Å². The first-order chi connectivity index (χ1) is 9.13. The van der Waals surface area contributed by atoms with Crippen LogP contribution in [-0.4, -0.2) is 71.6 Å². The zero-order valence-corrected chi connectivity index (χ0v) is 13.6. The van der Waals surface area contributed by atoms with Gasteiger partial charge < -0.3 is 15.3 Å². The standard InChI is InChI=1S/C14H29N3O3/c1-7-17(8-12(19)15-11(2)3)13(20)9-16(6)14(4,5)10-18/h11,18H,7-10H2,1-6H3,(H,15,19). The molecule has 0 saturated heterocycles. The van der Waals surface area contributed by atoms with Gasteiger partial charge in [0.05, 0.1) is 19.7 Å². The molecule has 0 aliphatic rings. The van der Waals surface area contributed by atoms with Crippen molar-refractivity contribution in [2.45, 2.75) is 46.2 Å². The van der Waals surface area contributed by atoms with Crippen LogP contribution in [0.5, 0.6) is 0 Å². The van der Waals surface area contributed by atoms with Crippen molar-refractivity contribution in [2.75, 3.05) is 33.3 Å². The average Bonchev–Trinajstić information content (AvgIpc) is 2.34. The van der Waals surface area contributed by atoms with Gasteiger partial charge in [-0.1, -0.05) is 0 Å². The van der Waals surface area contributed by atoms with Gasteiger partial charge >= 0.3 is 0 Å². The number of nitrogens with one attached hydrogen (secondary N) is 1. The van der Waals surface area contributed by atoms with E-state index in [-0.39, 0.29) is 37.6 Å². The highest BCUT2D eigenvalue weighted by Gasteiger charge is 2.26. The summed E-state index contributed by atoms with van der Waals surface area (Å²) < 4.78 is 0. The second kappa shape index (κ2) is 8.21. The average molecular weight is 287 g/mol. The zero-order chi connectivity index (χ0) is 15.9. The summed E-state index contributed by atoms with van der Waals surface area (Å²) in [5.41, 5.74) is -0.463. The molecule has 2 N–H and O–H groups in total. The number of aliphatic hydroxyl groups is 1. The Morgan fingerprint density at radius 2 is 1.80 bits per heavy atom. The molecule has 0 aromatic carbocycles. The van der Waals surface area contributed by atoms with Crippen LogP contribution in [0.25, 0.3) is 0 Å². The summed E-state index contributed by atoms with van der Waals surface area (Å²) in [6.07, 6.45) is 0. The van der Waals surface area contributed by atoms with Crippen molar-refractivity contribution in [1.29, 1.82) is 0 Å². The Morgan fingerprint density at radius 1 is 1.25 bits per heavy atom. The van der Waals surface area contributed by atoms with E-state index < -0.39 is 5.54 Å². The Balaban J connectivity index is 4.52. The fraction of sp³-hybridized carbons (Fsp3) is 0.857. The molecule has 0 radical (unpaired) electrons. The summed E-state index contributed by atoms with van der Waals surface area (Å²) >= 11 is 0. The number of aliphatic hydroxyl groups excluding tert-OH is 1. The van der Waals surface area contributed by atoms with Gasteiger partial charge in [-0.15, -0.1) is 0 Å². The van der Waals surface area contributed by atoms with Gasteiger partial charge in [-0.25, -0.2) is 0 Å². The SMILES string of the molecule is CCN(CC(=O)NC(C)C)C(=O)CN(C)C(C)(C)CO. The fourth-order valence-electron chi connectivity index (χ4n) is 1.55. The maximum absolute atomic E-state index is 12.2. The molecule has 2 amide bonds. The Bertz CT molecular complexity index is 330. The lowest BCUT2D eigenvalue weighted by atomic mass is 10.1. The van der Waals surface area contributed by atoms with Crippen LogP contribution < -0.4 is 5.32 Å². The molecule has 0 unspecified atom stereocenters. The van der Waals surface area contributed by atoms with Gasteiger partial charge in [0.25, 0.3) is 0 Å². The van der Waals surface area contributed by atoms with Gasteiger partial charge in [-0.05, 0) is 41.7 Å². The van der Waals surface area contributed by atoms with E-state index in [0.29, 0.717) is 6.54 Å². The van der Waals surface area contributed by atoms with E-state index in [2.05, 4.69) is 5.32 Å². The molecule has 0 aromatic heterocycles. The number of nitrogens with zero attached hydrogens (tertiary/aromatic N) is 2. The lowest BCUT2D eigenvalue weighted by Gasteiger charge is -2.34. The maximum Gasteiger partial charge on any atom is 0.239 e. The smallest absolute Gasteiger partial charge is 0.239 e. The summed E-state index contributed by atoms with van der Waals surface area (Å²) in [6, 6.07) is 0.0623. The highest BCUT2D eigenvalue weighted by molar-refractivity contribution is 5.85. The first-order valence-electron chi connectivity index (χ1n) is 7.03. The van der Waals surface area contributed by atoms with Crippen molar-refractivity contribution in [3.8, 4) is 0 Å². The molecular formula is C14H29N3O3. The molecule has 6 nitrogen and oxygen atoms in total. The summed E-state index contributed by atoms with van der Waals surface area (Å²) in [4.78, 5) is 27.2. The molecule has 0 atom stereocenters. The van der Waals surface area contributed by atoms with Gasteiger partial charge in [0.15, 0.2) is 0 Å². The highest BCUT2D eigenvalue weighted by atomic mass is 16.3. The van der Waals surface area contributed by atoms with E-state index in [4.69, 9.17) is 0 Å². The molecular weight excluding hydrogens is 258 g/mol. The normalized spacial score (nSPS) is 11.8. The highest BCUT2D eigenvalue weighted by Crippen LogP contribution is 2.10. The predicted molar refractivity (Wildman–Crippen MR) is 79.3 cm³/mol. The molecule has 0 heterocycles. The number of carbonyl (C=O) groups excluding carboxylic acids is 2. The third-order valence-corrected chi connectivity index (χ3v) is 3.31. The molecule has 0 aliphatic carbocycles. The van der Waals surface area contributed by atoms with Crippen molar-refractivity contribution in [2.24, 2.45) is 0 Å². The molecule has 6 heteroatoms. The summed E-state index contributed by atoms with van der Waals surface area (Å²) in [5.74, 6) is -0.269. The topological polar surface area (TPSA) is 72.9 Å². The molecule has 0 bridgehead atoms. The minimum Gasteiger partial charge on any atom is -0.394 e. The Hall–Kier alpha value is -1.14. The Kier molecular flexibility index (Phi) is 7.75. The van der Waals surface area contributed by atoms with E-state index >= 15 is 0 Å². The third-order valence-electron chi connectivity index (χ3n) is 3.31. The van der Waals surface area contributed by atoms with Crippen molar-refractivity contribution in [1.82, 2.24) is 15.1 Å². The van der Waals surface area contributed by atoms with E-state index in [9.17, 15) is 14.7 Å². The quantitative estimate of drug-likeness (QED) is 0.662. The van der Waals surface area contributed by atoms with Crippen molar-refractivity contribution < 1.29 is 14.7 Å². The van der Waals surface area contributed by atoms with Gasteiger partial charge in [0, 0.05) is 18.1 Å². The van der Waals surface area contributed by atoms with Crippen LogP contribution in [0.3, 0.4) is 0 Å². The van der Waals surface area contributed by atoms with Gasteiger partial charge in [-0.3, -0.25) is 14.5 Å². The number of hydrogen-bond donors (Lipinski definition) is 2.